The second kappa shape index (κ2) is 7.70. The molecule has 0 bridgehead atoms. The molecule has 1 fully saturated rings. The SMILES string of the molecule is CCn1c(SC(C)C(=O)N2CCC(C)CC2)nnc1-c1cccs1. The lowest BCUT2D eigenvalue weighted by molar-refractivity contribution is -0.131. The summed E-state index contributed by atoms with van der Waals surface area (Å²) in [6, 6.07) is 4.07. The van der Waals surface area contributed by atoms with Crippen LogP contribution in [0, 0.1) is 5.92 Å². The summed E-state index contributed by atoms with van der Waals surface area (Å²) in [4.78, 5) is 15.8. The zero-order valence-corrected chi connectivity index (χ0v) is 16.1. The Morgan fingerprint density at radius 1 is 1.42 bits per heavy atom. The normalized spacial score (nSPS) is 17.2. The van der Waals surface area contributed by atoms with E-state index in [1.165, 1.54) is 11.8 Å². The van der Waals surface area contributed by atoms with Gasteiger partial charge in [0, 0.05) is 19.6 Å². The van der Waals surface area contributed by atoms with Gasteiger partial charge < -0.3 is 9.47 Å². The van der Waals surface area contributed by atoms with Gasteiger partial charge in [0.25, 0.3) is 0 Å². The van der Waals surface area contributed by atoms with Gasteiger partial charge in [0.05, 0.1) is 10.1 Å². The largest absolute Gasteiger partial charge is 0.342 e. The molecule has 7 heteroatoms. The first kappa shape index (κ1) is 17.5. The first-order valence-electron chi connectivity index (χ1n) is 8.52. The van der Waals surface area contributed by atoms with Crippen LogP contribution in [0.3, 0.4) is 0 Å². The summed E-state index contributed by atoms with van der Waals surface area (Å²) >= 11 is 3.18. The molecule has 0 aliphatic carbocycles. The molecule has 1 atom stereocenters. The average Bonchev–Trinajstić information content (AvgIpc) is 3.23. The van der Waals surface area contributed by atoms with Crippen molar-refractivity contribution in [3.8, 4) is 10.7 Å². The molecule has 1 aliphatic rings. The van der Waals surface area contributed by atoms with Crippen LogP contribution in [0.1, 0.15) is 33.6 Å². The standard InChI is InChI=1S/C17H24N4OS2/c1-4-21-15(14-6-5-11-23-14)18-19-17(21)24-13(3)16(22)20-9-7-12(2)8-10-20/h5-6,11-13H,4,7-10H2,1-3H3. The van der Waals surface area contributed by atoms with E-state index in [-0.39, 0.29) is 11.2 Å². The number of amides is 1. The Kier molecular flexibility index (Phi) is 5.61. The molecule has 2 aromatic rings. The Morgan fingerprint density at radius 2 is 2.17 bits per heavy atom. The van der Waals surface area contributed by atoms with Crippen LogP contribution in [0.4, 0.5) is 0 Å². The lowest BCUT2D eigenvalue weighted by atomic mass is 9.99. The van der Waals surface area contributed by atoms with Gasteiger partial charge in [-0.05, 0) is 44.1 Å². The lowest BCUT2D eigenvalue weighted by Crippen LogP contribution is -2.41. The van der Waals surface area contributed by atoms with Gasteiger partial charge in [-0.25, -0.2) is 0 Å². The fourth-order valence-electron chi connectivity index (χ4n) is 2.94. The predicted molar refractivity (Wildman–Crippen MR) is 99.3 cm³/mol. The highest BCUT2D eigenvalue weighted by atomic mass is 32.2. The molecule has 0 spiro atoms. The van der Waals surface area contributed by atoms with Gasteiger partial charge in [0.2, 0.25) is 5.91 Å². The lowest BCUT2D eigenvalue weighted by Gasteiger charge is -2.31. The van der Waals surface area contributed by atoms with E-state index >= 15 is 0 Å². The Hall–Kier alpha value is -1.34. The zero-order valence-electron chi connectivity index (χ0n) is 14.4. The number of piperidine rings is 1. The quantitative estimate of drug-likeness (QED) is 0.758. The number of carbonyl (C=O) groups is 1. The highest BCUT2D eigenvalue weighted by Crippen LogP contribution is 2.30. The van der Waals surface area contributed by atoms with Crippen LogP contribution in [0.2, 0.25) is 0 Å². The maximum Gasteiger partial charge on any atom is 0.235 e. The third-order valence-electron chi connectivity index (χ3n) is 4.50. The van der Waals surface area contributed by atoms with Crippen molar-refractivity contribution in [3.05, 3.63) is 17.5 Å². The monoisotopic (exact) mass is 364 g/mol. The second-order valence-corrected chi connectivity index (χ2v) is 8.55. The Bertz CT molecular complexity index is 675. The minimum Gasteiger partial charge on any atom is -0.342 e. The van der Waals surface area contributed by atoms with E-state index in [2.05, 4.69) is 34.7 Å². The van der Waals surface area contributed by atoms with Crippen molar-refractivity contribution in [2.75, 3.05) is 13.1 Å². The molecule has 130 valence electrons. The Morgan fingerprint density at radius 3 is 2.79 bits per heavy atom. The van der Waals surface area contributed by atoms with E-state index in [1.54, 1.807) is 11.3 Å². The summed E-state index contributed by atoms with van der Waals surface area (Å²) < 4.78 is 2.10. The maximum absolute atomic E-state index is 12.7. The molecular weight excluding hydrogens is 340 g/mol. The molecule has 0 N–H and O–H groups in total. The van der Waals surface area contributed by atoms with Crippen LogP contribution in [-0.4, -0.2) is 43.9 Å². The topological polar surface area (TPSA) is 51.0 Å². The number of carbonyl (C=O) groups excluding carboxylic acids is 1. The zero-order chi connectivity index (χ0) is 17.1. The van der Waals surface area contributed by atoms with E-state index in [1.807, 2.05) is 23.3 Å². The number of hydrogen-bond donors (Lipinski definition) is 0. The van der Waals surface area contributed by atoms with Crippen LogP contribution in [0.5, 0.6) is 0 Å². The first-order valence-corrected chi connectivity index (χ1v) is 10.3. The maximum atomic E-state index is 12.7. The van der Waals surface area contributed by atoms with Crippen LogP contribution in [0.15, 0.2) is 22.7 Å². The molecular formula is C17H24N4OS2. The number of hydrogen-bond acceptors (Lipinski definition) is 5. The fraction of sp³-hybridized carbons (Fsp3) is 0.588. The third kappa shape index (κ3) is 3.67. The van der Waals surface area contributed by atoms with Gasteiger partial charge in [-0.2, -0.15) is 0 Å². The van der Waals surface area contributed by atoms with Crippen molar-refractivity contribution in [1.29, 1.82) is 0 Å². The fourth-order valence-corrected chi connectivity index (χ4v) is 4.66. The predicted octanol–water partition coefficient (Wildman–Crippen LogP) is 3.77. The van der Waals surface area contributed by atoms with Gasteiger partial charge in [0.1, 0.15) is 0 Å². The van der Waals surface area contributed by atoms with Crippen molar-refractivity contribution in [2.45, 2.75) is 50.6 Å². The van der Waals surface area contributed by atoms with Crippen molar-refractivity contribution in [1.82, 2.24) is 19.7 Å². The molecule has 0 aromatic carbocycles. The molecule has 3 rings (SSSR count). The minimum absolute atomic E-state index is 0.135. The third-order valence-corrected chi connectivity index (χ3v) is 6.43. The van der Waals surface area contributed by atoms with Gasteiger partial charge in [-0.15, -0.1) is 21.5 Å². The van der Waals surface area contributed by atoms with E-state index in [0.29, 0.717) is 0 Å². The molecule has 1 saturated heterocycles. The summed E-state index contributed by atoms with van der Waals surface area (Å²) in [5.41, 5.74) is 0. The van der Waals surface area contributed by atoms with Crippen molar-refractivity contribution < 1.29 is 4.79 Å². The molecule has 0 radical (unpaired) electrons. The van der Waals surface area contributed by atoms with Gasteiger partial charge in [-0.3, -0.25) is 4.79 Å². The molecule has 3 heterocycles. The summed E-state index contributed by atoms with van der Waals surface area (Å²) in [6.07, 6.45) is 2.22. The molecule has 1 unspecified atom stereocenters. The number of likely N-dealkylation sites (tertiary alicyclic amines) is 1. The van der Waals surface area contributed by atoms with Gasteiger partial charge >= 0.3 is 0 Å². The molecule has 0 saturated carbocycles. The van der Waals surface area contributed by atoms with Crippen molar-refractivity contribution in [3.63, 3.8) is 0 Å². The van der Waals surface area contributed by atoms with E-state index < -0.39 is 0 Å². The summed E-state index contributed by atoms with van der Waals surface area (Å²) in [6.45, 7) is 8.88. The van der Waals surface area contributed by atoms with Crippen molar-refractivity contribution in [2.24, 2.45) is 5.92 Å². The summed E-state index contributed by atoms with van der Waals surface area (Å²) in [7, 11) is 0. The average molecular weight is 365 g/mol. The second-order valence-electron chi connectivity index (χ2n) is 6.30. The van der Waals surface area contributed by atoms with Crippen LogP contribution in [0.25, 0.3) is 10.7 Å². The molecule has 5 nitrogen and oxygen atoms in total. The Balaban J connectivity index is 1.70. The van der Waals surface area contributed by atoms with E-state index in [0.717, 1.165) is 54.3 Å². The van der Waals surface area contributed by atoms with Crippen molar-refractivity contribution >= 4 is 29.0 Å². The highest BCUT2D eigenvalue weighted by Gasteiger charge is 2.27. The van der Waals surface area contributed by atoms with Gasteiger partial charge in [0.15, 0.2) is 11.0 Å². The van der Waals surface area contributed by atoms with E-state index in [4.69, 9.17) is 0 Å². The number of nitrogens with zero attached hydrogens (tertiary/aromatic N) is 4. The summed E-state index contributed by atoms with van der Waals surface area (Å²) in [5, 5.41) is 11.4. The molecule has 24 heavy (non-hydrogen) atoms. The number of aromatic nitrogens is 3. The van der Waals surface area contributed by atoms with Crippen LogP contribution in [-0.2, 0) is 11.3 Å². The molecule has 1 amide bonds. The molecule has 2 aromatic heterocycles. The minimum atomic E-state index is -0.135. The smallest absolute Gasteiger partial charge is 0.235 e. The number of thiophene rings is 1. The molecule has 1 aliphatic heterocycles. The van der Waals surface area contributed by atoms with E-state index in [9.17, 15) is 4.79 Å². The highest BCUT2D eigenvalue weighted by molar-refractivity contribution is 8.00. The Labute approximate surface area is 151 Å². The summed E-state index contributed by atoms with van der Waals surface area (Å²) in [5.74, 6) is 1.84. The number of rotatable bonds is 5. The first-order chi connectivity index (χ1) is 11.6. The van der Waals surface area contributed by atoms with Crippen LogP contribution >= 0.6 is 23.1 Å². The van der Waals surface area contributed by atoms with Crippen LogP contribution < -0.4 is 0 Å². The van der Waals surface area contributed by atoms with Gasteiger partial charge in [-0.1, -0.05) is 24.8 Å². The number of thioether (sulfide) groups is 1.